The van der Waals surface area contributed by atoms with Gasteiger partial charge in [0.05, 0.1) is 26.2 Å². The second kappa shape index (κ2) is 4.65. The summed E-state index contributed by atoms with van der Waals surface area (Å²) in [5.41, 5.74) is 2.80. The zero-order valence-electron chi connectivity index (χ0n) is 10.7. The fourth-order valence-corrected chi connectivity index (χ4v) is 2.06. The standard InChI is InChI=1S/C15H13NO3/c1-17-10-8-13(16-15(9-10)18-2)11-6-7-19-14-5-3-4-12(11)14/h3-9H,1-2H3. The Morgan fingerprint density at radius 3 is 2.68 bits per heavy atom. The van der Waals surface area contributed by atoms with Gasteiger partial charge in [0.1, 0.15) is 11.5 Å². The van der Waals surface area contributed by atoms with Crippen LogP contribution in [0, 0.1) is 0 Å². The number of pyridine rings is 1. The fraction of sp³-hybridized carbons (Fsp3) is 0.133. The molecular weight excluding hydrogens is 242 g/mol. The zero-order valence-corrected chi connectivity index (χ0v) is 10.7. The van der Waals surface area contributed by atoms with Gasteiger partial charge in [-0.3, -0.25) is 0 Å². The van der Waals surface area contributed by atoms with Crippen LogP contribution in [0.3, 0.4) is 0 Å². The second-order valence-electron chi connectivity index (χ2n) is 4.07. The van der Waals surface area contributed by atoms with Gasteiger partial charge in [0.25, 0.3) is 0 Å². The molecule has 0 N–H and O–H groups in total. The molecule has 0 aromatic carbocycles. The third kappa shape index (κ3) is 2.01. The minimum absolute atomic E-state index is 0.523. The van der Waals surface area contributed by atoms with Crippen molar-refractivity contribution in [1.82, 2.24) is 4.98 Å². The lowest BCUT2D eigenvalue weighted by Crippen LogP contribution is -1.94. The maximum absolute atomic E-state index is 5.44. The van der Waals surface area contributed by atoms with Crippen LogP contribution in [0.15, 0.2) is 47.1 Å². The van der Waals surface area contributed by atoms with Gasteiger partial charge in [0, 0.05) is 23.3 Å². The number of hydrogen-bond acceptors (Lipinski definition) is 4. The Kier molecular flexibility index (Phi) is 2.83. The Balaban J connectivity index is 2.18. The van der Waals surface area contributed by atoms with Gasteiger partial charge in [0.2, 0.25) is 5.88 Å². The van der Waals surface area contributed by atoms with Crippen LogP contribution < -0.4 is 9.47 Å². The monoisotopic (exact) mass is 255 g/mol. The Labute approximate surface area is 110 Å². The molecule has 4 nitrogen and oxygen atoms in total. The average Bonchev–Trinajstić information content (AvgIpc) is 2.94. The molecule has 3 rings (SSSR count). The molecule has 0 saturated carbocycles. The van der Waals surface area contributed by atoms with Gasteiger partial charge < -0.3 is 13.9 Å². The van der Waals surface area contributed by atoms with Gasteiger partial charge in [-0.15, -0.1) is 0 Å². The molecule has 2 heterocycles. The van der Waals surface area contributed by atoms with E-state index in [0.29, 0.717) is 11.6 Å². The van der Waals surface area contributed by atoms with Gasteiger partial charge in [-0.1, -0.05) is 12.1 Å². The molecule has 0 amide bonds. The van der Waals surface area contributed by atoms with E-state index in [0.717, 1.165) is 22.6 Å². The maximum atomic E-state index is 5.44. The highest BCUT2D eigenvalue weighted by atomic mass is 16.5. The lowest BCUT2D eigenvalue weighted by atomic mass is 10.1. The molecule has 19 heavy (non-hydrogen) atoms. The lowest BCUT2D eigenvalue weighted by Gasteiger charge is -2.10. The lowest BCUT2D eigenvalue weighted by molar-refractivity contribution is 0.383. The molecule has 1 aromatic heterocycles. The second-order valence-corrected chi connectivity index (χ2v) is 4.07. The predicted octanol–water partition coefficient (Wildman–Crippen LogP) is 3.46. The summed E-state index contributed by atoms with van der Waals surface area (Å²) in [6.07, 6.45) is 1.66. The van der Waals surface area contributed by atoms with Crippen LogP contribution in [0.5, 0.6) is 11.6 Å². The van der Waals surface area contributed by atoms with Gasteiger partial charge in [-0.05, 0) is 12.1 Å². The number of aromatic nitrogens is 1. The van der Waals surface area contributed by atoms with Crippen molar-refractivity contribution < 1.29 is 13.9 Å². The van der Waals surface area contributed by atoms with E-state index in [1.54, 1.807) is 26.5 Å². The molecule has 1 aromatic rings. The van der Waals surface area contributed by atoms with Crippen molar-refractivity contribution in [3.8, 4) is 34.2 Å². The van der Waals surface area contributed by atoms with Crippen molar-refractivity contribution in [3.05, 3.63) is 42.7 Å². The van der Waals surface area contributed by atoms with Crippen LogP contribution >= 0.6 is 0 Å². The molecule has 0 saturated heterocycles. The third-order valence-electron chi connectivity index (χ3n) is 2.99. The van der Waals surface area contributed by atoms with Crippen molar-refractivity contribution in [2.45, 2.75) is 0 Å². The largest absolute Gasteiger partial charge is 0.496 e. The van der Waals surface area contributed by atoms with Crippen LogP contribution in [0.2, 0.25) is 0 Å². The first-order valence-electron chi connectivity index (χ1n) is 5.88. The minimum atomic E-state index is 0.523. The molecule has 96 valence electrons. The molecule has 0 radical (unpaired) electrons. The topological polar surface area (TPSA) is 44.5 Å². The number of nitrogens with zero attached hydrogens (tertiary/aromatic N) is 1. The van der Waals surface area contributed by atoms with E-state index >= 15 is 0 Å². The van der Waals surface area contributed by atoms with E-state index in [1.807, 2.05) is 30.3 Å². The maximum Gasteiger partial charge on any atom is 0.217 e. The molecule has 2 aliphatic rings. The van der Waals surface area contributed by atoms with E-state index in [1.165, 1.54) is 0 Å². The molecule has 1 aliphatic carbocycles. The Bertz CT molecular complexity index is 653. The summed E-state index contributed by atoms with van der Waals surface area (Å²) in [7, 11) is 3.21. The summed E-state index contributed by atoms with van der Waals surface area (Å²) in [4.78, 5) is 4.46. The summed E-state index contributed by atoms with van der Waals surface area (Å²) >= 11 is 0. The first kappa shape index (κ1) is 11.6. The Morgan fingerprint density at radius 1 is 1.00 bits per heavy atom. The molecule has 0 fully saturated rings. The smallest absolute Gasteiger partial charge is 0.217 e. The summed E-state index contributed by atoms with van der Waals surface area (Å²) in [5, 5.41) is 0. The van der Waals surface area contributed by atoms with Crippen LogP contribution in [-0.4, -0.2) is 19.2 Å². The van der Waals surface area contributed by atoms with E-state index in [9.17, 15) is 0 Å². The molecule has 0 spiro atoms. The van der Waals surface area contributed by atoms with Gasteiger partial charge >= 0.3 is 0 Å². The highest BCUT2D eigenvalue weighted by molar-refractivity contribution is 5.81. The number of rotatable bonds is 3. The van der Waals surface area contributed by atoms with Crippen molar-refractivity contribution in [1.29, 1.82) is 0 Å². The van der Waals surface area contributed by atoms with Gasteiger partial charge in [-0.2, -0.15) is 0 Å². The summed E-state index contributed by atoms with van der Waals surface area (Å²) in [6.45, 7) is 0. The summed E-state index contributed by atoms with van der Waals surface area (Å²) in [5.74, 6) is 2.07. The first-order valence-corrected chi connectivity index (χ1v) is 5.88. The predicted molar refractivity (Wildman–Crippen MR) is 71.7 cm³/mol. The Hall–Kier alpha value is -2.49. The van der Waals surface area contributed by atoms with E-state index in [-0.39, 0.29) is 0 Å². The molecule has 0 atom stereocenters. The van der Waals surface area contributed by atoms with Crippen molar-refractivity contribution in [2.24, 2.45) is 0 Å². The van der Waals surface area contributed by atoms with Crippen molar-refractivity contribution in [2.75, 3.05) is 14.2 Å². The van der Waals surface area contributed by atoms with Crippen molar-refractivity contribution in [3.63, 3.8) is 0 Å². The fourth-order valence-electron chi connectivity index (χ4n) is 2.06. The minimum Gasteiger partial charge on any atom is -0.496 e. The molecule has 0 bridgehead atoms. The SMILES string of the molecule is COc1cc(OC)nc(-c2ccoc3cccc2-3)c1. The molecule has 1 aliphatic heterocycles. The number of ether oxygens (including phenoxy) is 2. The van der Waals surface area contributed by atoms with Gasteiger partial charge in [-0.25, -0.2) is 4.98 Å². The molecular formula is C15H13NO3. The van der Waals surface area contributed by atoms with Crippen LogP contribution in [0.25, 0.3) is 22.6 Å². The van der Waals surface area contributed by atoms with E-state index < -0.39 is 0 Å². The van der Waals surface area contributed by atoms with E-state index in [4.69, 9.17) is 13.9 Å². The molecule has 0 unspecified atom stereocenters. The summed E-state index contributed by atoms with van der Waals surface area (Å²) < 4.78 is 15.9. The number of fused-ring (bicyclic) bond motifs is 1. The third-order valence-corrected chi connectivity index (χ3v) is 2.99. The van der Waals surface area contributed by atoms with Crippen LogP contribution in [0.4, 0.5) is 0 Å². The zero-order chi connectivity index (χ0) is 13.2. The van der Waals surface area contributed by atoms with E-state index in [2.05, 4.69) is 4.98 Å². The number of hydrogen-bond donors (Lipinski definition) is 0. The summed E-state index contributed by atoms with van der Waals surface area (Å²) in [6, 6.07) is 11.4. The normalized spacial score (nSPS) is 10.6. The Morgan fingerprint density at radius 2 is 1.89 bits per heavy atom. The van der Waals surface area contributed by atoms with Crippen LogP contribution in [-0.2, 0) is 0 Å². The first-order chi connectivity index (χ1) is 9.31. The highest BCUT2D eigenvalue weighted by Gasteiger charge is 2.14. The van der Waals surface area contributed by atoms with Gasteiger partial charge in [0.15, 0.2) is 0 Å². The quantitative estimate of drug-likeness (QED) is 0.719. The average molecular weight is 255 g/mol. The highest BCUT2D eigenvalue weighted by Crippen LogP contribution is 2.35. The number of methoxy groups -OCH3 is 2. The molecule has 4 heteroatoms. The van der Waals surface area contributed by atoms with Crippen molar-refractivity contribution >= 4 is 0 Å². The van der Waals surface area contributed by atoms with Crippen LogP contribution in [0.1, 0.15) is 0 Å².